The van der Waals surface area contributed by atoms with Crippen LogP contribution < -0.4 is 0 Å². The minimum Gasteiger partial charge on any atom is -0.294 e. The van der Waals surface area contributed by atoms with E-state index in [0.29, 0.717) is 0 Å². The molecule has 3 aromatic carbocycles. The van der Waals surface area contributed by atoms with Crippen molar-refractivity contribution in [1.29, 1.82) is 0 Å². The Morgan fingerprint density at radius 1 is 0.913 bits per heavy atom. The molecule has 0 aliphatic rings. The number of fused-ring (bicyclic) bond motifs is 2. The Kier molecular flexibility index (Phi) is 2.95. The van der Waals surface area contributed by atoms with Gasteiger partial charge in [-0.1, -0.05) is 24.3 Å². The Balaban J connectivity index is 2.18. The molecule has 1 heterocycles. The molecule has 0 saturated heterocycles. The second-order valence-corrected chi connectivity index (χ2v) is 6.19. The lowest BCUT2D eigenvalue weighted by molar-refractivity contribution is 0.870. The van der Waals surface area contributed by atoms with Crippen LogP contribution in [0.4, 0.5) is 0 Å². The molecule has 2 heteroatoms. The molecule has 0 fully saturated rings. The second kappa shape index (κ2) is 4.88. The molecule has 0 bridgehead atoms. The van der Waals surface area contributed by atoms with E-state index in [9.17, 15) is 0 Å². The van der Waals surface area contributed by atoms with Gasteiger partial charge >= 0.3 is 0 Å². The zero-order valence-electron chi connectivity index (χ0n) is 13.8. The van der Waals surface area contributed by atoms with Gasteiger partial charge in [0.15, 0.2) is 11.0 Å². The average molecular weight is 300 g/mol. The zero-order chi connectivity index (χ0) is 16.1. The monoisotopic (exact) mass is 300 g/mol. The molecule has 114 valence electrons. The number of rotatable bonds is 1. The van der Waals surface area contributed by atoms with Crippen molar-refractivity contribution in [1.82, 2.24) is 9.13 Å². The number of nitrogens with zero attached hydrogens (tertiary/aromatic N) is 2. The maximum absolute atomic E-state index is 4.32. The van der Waals surface area contributed by atoms with E-state index < -0.39 is 0 Å². The summed E-state index contributed by atoms with van der Waals surface area (Å²) in [5.74, 6) is 0.993. The number of para-hydroxylation sites is 2. The lowest BCUT2D eigenvalue weighted by atomic mass is 9.99. The number of imidazole rings is 1. The lowest BCUT2D eigenvalue weighted by Gasteiger charge is -2.13. The summed E-state index contributed by atoms with van der Waals surface area (Å²) in [6.07, 6.45) is 0. The zero-order valence-corrected chi connectivity index (χ0v) is 13.8. The number of aryl methyl sites for hydroxylation is 3. The maximum Gasteiger partial charge on any atom is 0.188 e. The van der Waals surface area contributed by atoms with Crippen molar-refractivity contribution in [2.24, 2.45) is 7.05 Å². The summed E-state index contributed by atoms with van der Waals surface area (Å²) in [4.78, 5) is 0. The molecule has 23 heavy (non-hydrogen) atoms. The van der Waals surface area contributed by atoms with Crippen molar-refractivity contribution in [2.45, 2.75) is 13.8 Å². The predicted molar refractivity (Wildman–Crippen MR) is 98.1 cm³/mol. The maximum atomic E-state index is 4.32. The predicted octanol–water partition coefficient (Wildman–Crippen LogP) is 5.20. The Morgan fingerprint density at radius 3 is 2.35 bits per heavy atom. The van der Waals surface area contributed by atoms with Gasteiger partial charge in [0.05, 0.1) is 0 Å². The highest BCUT2D eigenvalue weighted by molar-refractivity contribution is 5.91. The first-order valence-corrected chi connectivity index (χ1v) is 7.90. The fourth-order valence-electron chi connectivity index (χ4n) is 3.65. The lowest BCUT2D eigenvalue weighted by Crippen LogP contribution is -2.05. The van der Waals surface area contributed by atoms with Crippen molar-refractivity contribution < 1.29 is 0 Å². The quantitative estimate of drug-likeness (QED) is 0.427. The molecule has 4 aromatic rings. The molecule has 0 N–H and O–H groups in total. The van der Waals surface area contributed by atoms with E-state index in [1.54, 1.807) is 0 Å². The van der Waals surface area contributed by atoms with Crippen LogP contribution in [-0.4, -0.2) is 9.13 Å². The third-order valence-electron chi connectivity index (χ3n) is 4.82. The molecule has 0 atom stereocenters. The summed E-state index contributed by atoms with van der Waals surface area (Å²) in [5, 5.41) is 2.59. The minimum atomic E-state index is 0.993. The minimum absolute atomic E-state index is 0.993. The summed E-state index contributed by atoms with van der Waals surface area (Å²) in [5.41, 5.74) is 6.20. The molecule has 0 saturated carbocycles. The van der Waals surface area contributed by atoms with E-state index in [2.05, 4.69) is 91.6 Å². The van der Waals surface area contributed by atoms with Crippen LogP contribution >= 0.6 is 0 Å². The number of hydrogen-bond donors (Lipinski definition) is 0. The van der Waals surface area contributed by atoms with E-state index in [0.717, 1.165) is 5.82 Å². The van der Waals surface area contributed by atoms with Crippen LogP contribution in [0.5, 0.6) is 0 Å². The van der Waals surface area contributed by atoms with Crippen LogP contribution in [0.1, 0.15) is 17.0 Å². The van der Waals surface area contributed by atoms with E-state index in [4.69, 9.17) is 0 Å². The average Bonchev–Trinajstić information content (AvgIpc) is 2.81. The molecular formula is C21H20N2. The van der Waals surface area contributed by atoms with Crippen molar-refractivity contribution in [3.63, 3.8) is 0 Å². The van der Waals surface area contributed by atoms with E-state index in [-0.39, 0.29) is 0 Å². The summed E-state index contributed by atoms with van der Waals surface area (Å²) >= 11 is 0. The molecule has 0 aliphatic carbocycles. The Hall–Kier alpha value is -2.74. The molecule has 0 unspecified atom stereocenters. The smallest absolute Gasteiger partial charge is 0.188 e. The van der Waals surface area contributed by atoms with Gasteiger partial charge in [0.25, 0.3) is 0 Å². The van der Waals surface area contributed by atoms with Crippen LogP contribution in [0, 0.1) is 20.8 Å². The normalized spacial score (nSPS) is 11.4. The van der Waals surface area contributed by atoms with Crippen molar-refractivity contribution in [3.8, 4) is 5.69 Å². The molecule has 2 nitrogen and oxygen atoms in total. The van der Waals surface area contributed by atoms with E-state index >= 15 is 0 Å². The summed E-state index contributed by atoms with van der Waals surface area (Å²) < 4.78 is 4.44. The van der Waals surface area contributed by atoms with Gasteiger partial charge in [-0.05, 0) is 42.8 Å². The number of benzene rings is 3. The van der Waals surface area contributed by atoms with Crippen molar-refractivity contribution in [2.75, 3.05) is 0 Å². The molecule has 0 aliphatic heterocycles. The Labute approximate surface area is 136 Å². The first-order valence-electron chi connectivity index (χ1n) is 7.90. The molecule has 4 rings (SSSR count). The largest absolute Gasteiger partial charge is 0.294 e. The third kappa shape index (κ3) is 1.88. The fourth-order valence-corrected chi connectivity index (χ4v) is 3.65. The number of aromatic nitrogens is 2. The third-order valence-corrected chi connectivity index (χ3v) is 4.82. The van der Waals surface area contributed by atoms with E-state index in [1.165, 1.54) is 38.6 Å². The van der Waals surface area contributed by atoms with Crippen LogP contribution in [0.3, 0.4) is 0 Å². The summed E-state index contributed by atoms with van der Waals surface area (Å²) in [7, 11) is 2.08. The van der Waals surface area contributed by atoms with Gasteiger partial charge in [0.1, 0.15) is 5.69 Å². The highest BCUT2D eigenvalue weighted by atomic mass is 15.2. The van der Waals surface area contributed by atoms with Gasteiger partial charge in [-0.25, -0.2) is 4.57 Å². The van der Waals surface area contributed by atoms with Gasteiger partial charge in [0, 0.05) is 36.1 Å². The fraction of sp³-hybridized carbons (Fsp3) is 0.143. The summed E-state index contributed by atoms with van der Waals surface area (Å²) in [6.45, 7) is 8.71. The topological polar surface area (TPSA) is 9.86 Å². The molecule has 0 amide bonds. The standard InChI is InChI=1S/C21H20N2/c1-14-13-17-9-5-6-10-18(17)15(2)21(14)23-16(3)22(4)19-11-7-8-12-20(19)23/h5-13H,3H2,1-2,4H3. The molecule has 1 aromatic heterocycles. The van der Waals surface area contributed by atoms with Gasteiger partial charge in [0.2, 0.25) is 0 Å². The highest BCUT2D eigenvalue weighted by Gasteiger charge is 2.21. The van der Waals surface area contributed by atoms with Gasteiger partial charge in [-0.2, -0.15) is 0 Å². The SMILES string of the molecule is [CH2-][c+]1n(C)c2ccccc2n1-c1c(C)cc2ccccc2c1C. The van der Waals surface area contributed by atoms with Crippen LogP contribution in [0.2, 0.25) is 0 Å². The second-order valence-electron chi connectivity index (χ2n) is 6.19. The Bertz CT molecular complexity index is 1050. The van der Waals surface area contributed by atoms with Crippen LogP contribution in [0.15, 0.2) is 54.6 Å². The van der Waals surface area contributed by atoms with Crippen LogP contribution in [-0.2, 0) is 7.05 Å². The highest BCUT2D eigenvalue weighted by Crippen LogP contribution is 2.32. The van der Waals surface area contributed by atoms with E-state index in [1.807, 2.05) is 0 Å². The van der Waals surface area contributed by atoms with Gasteiger partial charge in [-0.3, -0.25) is 11.5 Å². The molecule has 0 spiro atoms. The first kappa shape index (κ1) is 13.9. The van der Waals surface area contributed by atoms with Gasteiger partial charge < -0.3 is 0 Å². The molecular weight excluding hydrogens is 280 g/mol. The molecule has 0 radical (unpaired) electrons. The van der Waals surface area contributed by atoms with Crippen LogP contribution in [0.25, 0.3) is 27.5 Å². The van der Waals surface area contributed by atoms with Gasteiger partial charge in [-0.15, -0.1) is 0 Å². The Morgan fingerprint density at radius 2 is 1.57 bits per heavy atom. The van der Waals surface area contributed by atoms with Crippen molar-refractivity contribution >= 4 is 21.8 Å². The first-order chi connectivity index (χ1) is 11.1. The van der Waals surface area contributed by atoms with Crippen molar-refractivity contribution in [3.05, 3.63) is 78.5 Å². The summed E-state index contributed by atoms with van der Waals surface area (Å²) in [6, 6.07) is 19.3. The number of hydrogen-bond acceptors (Lipinski definition) is 0.